The zero-order valence-corrected chi connectivity index (χ0v) is 30.6. The number of halogens is 1. The van der Waals surface area contributed by atoms with Crippen LogP contribution in [0.4, 0.5) is 27.1 Å². The van der Waals surface area contributed by atoms with Crippen LogP contribution in [-0.4, -0.2) is 71.6 Å². The summed E-state index contributed by atoms with van der Waals surface area (Å²) in [5.74, 6) is -8.00. The van der Waals surface area contributed by atoms with Crippen LogP contribution in [0.15, 0.2) is 109 Å². The molecule has 5 aromatic rings. The van der Waals surface area contributed by atoms with Crippen molar-refractivity contribution in [3.63, 3.8) is 0 Å². The highest BCUT2D eigenvalue weighted by Gasteiger charge is 2.24. The largest absolute Gasteiger partial charge is 0.504 e. The Bertz CT molecular complexity index is 2420. The summed E-state index contributed by atoms with van der Waals surface area (Å²) in [6, 6.07) is 24.5. The van der Waals surface area contributed by atoms with Gasteiger partial charge in [-0.2, -0.15) is 0 Å². The van der Waals surface area contributed by atoms with Crippen molar-refractivity contribution >= 4 is 64.3 Å². The smallest absolute Gasteiger partial charge is 0.339 e. The molecule has 0 spiro atoms. The Balaban J connectivity index is 1.13. The van der Waals surface area contributed by atoms with E-state index in [4.69, 9.17) is 9.47 Å². The Labute approximate surface area is 328 Å². The summed E-state index contributed by atoms with van der Waals surface area (Å²) in [7, 11) is 2.36. The number of benzene rings is 5. The van der Waals surface area contributed by atoms with Crippen LogP contribution in [0.2, 0.25) is 0 Å². The van der Waals surface area contributed by atoms with Crippen LogP contribution in [-0.2, 0) is 9.59 Å². The first-order chi connectivity index (χ1) is 27.8. The molecular formula is C41H34FN5O11. The minimum Gasteiger partial charge on any atom is -0.504 e. The van der Waals surface area contributed by atoms with E-state index in [1.165, 1.54) is 73.8 Å². The van der Waals surface area contributed by atoms with Crippen LogP contribution in [0.3, 0.4) is 0 Å². The summed E-state index contributed by atoms with van der Waals surface area (Å²) in [5, 5.41) is 42.8. The summed E-state index contributed by atoms with van der Waals surface area (Å²) in [4.78, 5) is 74.8. The number of phenolic OH excluding ortho intramolecular Hbond substituents is 1. The highest BCUT2D eigenvalue weighted by atomic mass is 19.1. The Hall–Kier alpha value is -8.21. The van der Waals surface area contributed by atoms with Crippen LogP contribution in [0.1, 0.15) is 47.0 Å². The molecule has 5 rings (SSSR count). The molecule has 5 aromatic carbocycles. The molecule has 0 saturated heterocycles. The van der Waals surface area contributed by atoms with Crippen LogP contribution >= 0.6 is 0 Å². The maximum absolute atomic E-state index is 14.3. The molecule has 0 aromatic heterocycles. The molecule has 0 aliphatic carbocycles. The number of phenols is 2. The number of aromatic carboxylic acids is 1. The van der Waals surface area contributed by atoms with Crippen molar-refractivity contribution in [2.24, 2.45) is 0 Å². The first kappa shape index (κ1) is 41.0. The molecule has 5 amide bonds. The van der Waals surface area contributed by atoms with Crippen LogP contribution in [0.5, 0.6) is 23.0 Å². The van der Waals surface area contributed by atoms with Crippen LogP contribution in [0.25, 0.3) is 6.08 Å². The second kappa shape index (κ2) is 18.4. The molecular weight excluding hydrogens is 757 g/mol. The van der Waals surface area contributed by atoms with Crippen molar-refractivity contribution in [3.8, 4) is 23.0 Å². The number of hydrogen-bond acceptors (Lipinski definition) is 10. The third-order valence-electron chi connectivity index (χ3n) is 8.20. The topological polar surface area (TPSA) is 242 Å². The lowest BCUT2D eigenvalue weighted by Gasteiger charge is -2.16. The zero-order valence-electron chi connectivity index (χ0n) is 30.6. The van der Waals surface area contributed by atoms with Gasteiger partial charge in [-0.05, 0) is 84.4 Å². The first-order valence-corrected chi connectivity index (χ1v) is 17.0. The van der Waals surface area contributed by atoms with Gasteiger partial charge in [0.1, 0.15) is 5.56 Å². The van der Waals surface area contributed by atoms with Crippen molar-refractivity contribution in [3.05, 3.63) is 137 Å². The fraction of sp³-hybridized carbons (Fsp3) is 0.0732. The SMILES string of the molecule is COc1c(NC(=O)c2ccc(NC(=O)c3ccc(NC(=O)CNC(=O)c4ccc(NC(=O)/C(F)=C/c5ccccc5)cc4)cc3)c(OC)c2O)ccc(C(=O)O)c1O. The number of methoxy groups -OCH3 is 2. The molecule has 0 unspecified atom stereocenters. The third kappa shape index (κ3) is 9.90. The van der Waals surface area contributed by atoms with E-state index in [0.717, 1.165) is 19.3 Å². The number of anilines is 4. The third-order valence-corrected chi connectivity index (χ3v) is 8.20. The maximum atomic E-state index is 14.3. The Morgan fingerprint density at radius 2 is 1.10 bits per heavy atom. The number of nitrogens with one attached hydrogen (secondary N) is 5. The molecule has 0 atom stereocenters. The quantitative estimate of drug-likeness (QED) is 0.0641. The molecule has 17 heteroatoms. The Morgan fingerprint density at radius 3 is 1.66 bits per heavy atom. The normalized spacial score (nSPS) is 10.8. The lowest BCUT2D eigenvalue weighted by molar-refractivity contribution is -0.115. The number of carbonyl (C=O) groups excluding carboxylic acids is 5. The Kier molecular flexibility index (Phi) is 13.0. The van der Waals surface area contributed by atoms with Gasteiger partial charge in [-0.15, -0.1) is 0 Å². The number of aromatic hydroxyl groups is 2. The lowest BCUT2D eigenvalue weighted by atomic mass is 10.1. The summed E-state index contributed by atoms with van der Waals surface area (Å²) in [5.41, 5.74) is 0.543. The minimum absolute atomic E-state index is 0.0000132. The van der Waals surface area contributed by atoms with Crippen LogP contribution < -0.4 is 36.1 Å². The highest BCUT2D eigenvalue weighted by molar-refractivity contribution is 6.10. The highest BCUT2D eigenvalue weighted by Crippen LogP contribution is 2.40. The predicted octanol–water partition coefficient (Wildman–Crippen LogP) is 5.64. The van der Waals surface area contributed by atoms with Gasteiger partial charge in [0.05, 0.1) is 37.7 Å². The predicted molar refractivity (Wildman–Crippen MR) is 210 cm³/mol. The van der Waals surface area contributed by atoms with E-state index in [0.29, 0.717) is 11.3 Å². The van der Waals surface area contributed by atoms with E-state index in [2.05, 4.69) is 26.6 Å². The number of rotatable bonds is 14. The average molecular weight is 792 g/mol. The average Bonchev–Trinajstić information content (AvgIpc) is 3.21. The monoisotopic (exact) mass is 791 g/mol. The fourth-order valence-electron chi connectivity index (χ4n) is 5.32. The number of hydrogen-bond donors (Lipinski definition) is 8. The van der Waals surface area contributed by atoms with Crippen LogP contribution in [0, 0.1) is 0 Å². The van der Waals surface area contributed by atoms with Gasteiger partial charge in [-0.3, -0.25) is 24.0 Å². The number of amides is 5. The molecule has 0 radical (unpaired) electrons. The van der Waals surface area contributed by atoms with Crippen molar-refractivity contribution in [2.75, 3.05) is 42.0 Å². The van der Waals surface area contributed by atoms with Crippen molar-refractivity contribution < 1.29 is 58.0 Å². The van der Waals surface area contributed by atoms with E-state index < -0.39 is 64.9 Å². The van der Waals surface area contributed by atoms with E-state index in [-0.39, 0.29) is 45.3 Å². The summed E-state index contributed by atoms with van der Waals surface area (Å²) in [6.07, 6.45) is 1.09. The van der Waals surface area contributed by atoms with Gasteiger partial charge in [-0.25, -0.2) is 9.18 Å². The summed E-state index contributed by atoms with van der Waals surface area (Å²) in [6.45, 7) is -0.403. The lowest BCUT2D eigenvalue weighted by Crippen LogP contribution is -2.32. The molecule has 0 fully saturated rings. The van der Waals surface area contributed by atoms with E-state index in [9.17, 15) is 48.5 Å². The second-order valence-electron chi connectivity index (χ2n) is 12.0. The minimum atomic E-state index is -1.42. The zero-order chi connectivity index (χ0) is 41.9. The van der Waals surface area contributed by atoms with Crippen molar-refractivity contribution in [1.29, 1.82) is 0 Å². The molecule has 8 N–H and O–H groups in total. The number of carbonyl (C=O) groups is 6. The molecule has 296 valence electrons. The van der Waals surface area contributed by atoms with Crippen molar-refractivity contribution in [2.45, 2.75) is 0 Å². The summed E-state index contributed by atoms with van der Waals surface area (Å²) >= 11 is 0. The molecule has 58 heavy (non-hydrogen) atoms. The molecule has 0 aliphatic rings. The van der Waals surface area contributed by atoms with Gasteiger partial charge in [0, 0.05) is 22.5 Å². The fourth-order valence-corrected chi connectivity index (χ4v) is 5.32. The second-order valence-corrected chi connectivity index (χ2v) is 12.0. The molecule has 16 nitrogen and oxygen atoms in total. The van der Waals surface area contributed by atoms with Gasteiger partial charge in [0.2, 0.25) is 5.91 Å². The van der Waals surface area contributed by atoms with Gasteiger partial charge < -0.3 is 51.4 Å². The van der Waals surface area contributed by atoms with Gasteiger partial charge in [-0.1, -0.05) is 30.3 Å². The molecule has 0 bridgehead atoms. The van der Waals surface area contributed by atoms with E-state index in [1.807, 2.05) is 0 Å². The van der Waals surface area contributed by atoms with Gasteiger partial charge >= 0.3 is 5.97 Å². The van der Waals surface area contributed by atoms with Gasteiger partial charge in [0.15, 0.2) is 28.8 Å². The number of carboxylic acids is 1. The summed E-state index contributed by atoms with van der Waals surface area (Å²) < 4.78 is 24.6. The molecule has 0 heterocycles. The maximum Gasteiger partial charge on any atom is 0.339 e. The van der Waals surface area contributed by atoms with Gasteiger partial charge in [0.25, 0.3) is 23.6 Å². The Morgan fingerprint density at radius 1 is 0.603 bits per heavy atom. The number of ether oxygens (including phenoxy) is 2. The van der Waals surface area contributed by atoms with E-state index >= 15 is 0 Å². The van der Waals surface area contributed by atoms with E-state index in [1.54, 1.807) is 30.3 Å². The molecule has 0 saturated carbocycles. The standard InChI is InChI=1S/C41H34FN5O11/c1-57-35-30(18-16-27(33(35)49)39(53)47-31-19-17-28(41(55)56)34(50)36(31)58-2)46-38(52)24-10-12-25(13-11-24)44-32(48)21-43-37(51)23-8-14-26(15-9-23)45-40(54)29(42)20-22-6-4-3-5-7-22/h3-20,49-50H,21H2,1-2H3,(H,43,51)(H,44,48)(H,45,54)(H,46,52)(H,47,53)(H,55,56)/b29-20-. The van der Waals surface area contributed by atoms with Crippen molar-refractivity contribution in [1.82, 2.24) is 5.32 Å². The molecule has 0 aliphatic heterocycles. The first-order valence-electron chi connectivity index (χ1n) is 17.0. The number of carboxylic acid groups (broad SMARTS) is 1.